The van der Waals surface area contributed by atoms with Crippen molar-refractivity contribution in [3.8, 4) is 0 Å². The molecule has 0 unspecified atom stereocenters. The van der Waals surface area contributed by atoms with Crippen LogP contribution in [-0.4, -0.2) is 67.0 Å². The van der Waals surface area contributed by atoms with Crippen molar-refractivity contribution in [1.29, 1.82) is 0 Å². The van der Waals surface area contributed by atoms with Crippen LogP contribution >= 0.6 is 0 Å². The number of carbonyl (C=O) groups is 1. The lowest BCUT2D eigenvalue weighted by atomic mass is 10.1. The molecule has 0 saturated carbocycles. The van der Waals surface area contributed by atoms with Crippen LogP contribution in [-0.2, 0) is 9.47 Å². The van der Waals surface area contributed by atoms with E-state index in [2.05, 4.69) is 10.4 Å². The monoisotopic (exact) mass is 285 g/mol. The fourth-order valence-electron chi connectivity index (χ4n) is 2.47. The van der Waals surface area contributed by atoms with Gasteiger partial charge in [-0.2, -0.15) is 0 Å². The first-order valence-electron chi connectivity index (χ1n) is 7.51. The zero-order valence-corrected chi connectivity index (χ0v) is 12.9. The third-order valence-corrected chi connectivity index (χ3v) is 3.52. The SMILES string of the molecule is CC(C)(C)OC(=O)N1CCC(NN2CCOCC2)CC1. The second-order valence-corrected chi connectivity index (χ2v) is 6.47. The molecule has 0 aliphatic carbocycles. The zero-order valence-electron chi connectivity index (χ0n) is 12.9. The number of nitrogens with one attached hydrogen (secondary N) is 1. The van der Waals surface area contributed by atoms with Crippen molar-refractivity contribution >= 4 is 6.09 Å². The van der Waals surface area contributed by atoms with E-state index in [1.54, 1.807) is 0 Å². The van der Waals surface area contributed by atoms with Crippen LogP contribution in [0, 0.1) is 0 Å². The molecule has 1 N–H and O–H groups in total. The van der Waals surface area contributed by atoms with Gasteiger partial charge < -0.3 is 14.4 Å². The molecule has 2 saturated heterocycles. The first-order chi connectivity index (χ1) is 9.44. The minimum Gasteiger partial charge on any atom is -0.444 e. The second kappa shape index (κ2) is 6.74. The summed E-state index contributed by atoms with van der Waals surface area (Å²) >= 11 is 0. The molecule has 2 rings (SSSR count). The van der Waals surface area contributed by atoms with Crippen LogP contribution in [0.15, 0.2) is 0 Å². The minimum absolute atomic E-state index is 0.192. The van der Waals surface area contributed by atoms with E-state index in [1.165, 1.54) is 0 Å². The fraction of sp³-hybridized carbons (Fsp3) is 0.929. The maximum atomic E-state index is 12.0. The van der Waals surface area contributed by atoms with Crippen LogP contribution in [0.4, 0.5) is 4.79 Å². The van der Waals surface area contributed by atoms with Crippen LogP contribution in [0.3, 0.4) is 0 Å². The number of hydrazine groups is 1. The Morgan fingerprint density at radius 3 is 2.30 bits per heavy atom. The maximum absolute atomic E-state index is 12.0. The lowest BCUT2D eigenvalue weighted by molar-refractivity contribution is -0.00724. The summed E-state index contributed by atoms with van der Waals surface area (Å²) < 4.78 is 10.7. The molecule has 0 aromatic heterocycles. The lowest BCUT2D eigenvalue weighted by Gasteiger charge is -2.37. The Morgan fingerprint density at radius 1 is 1.15 bits per heavy atom. The second-order valence-electron chi connectivity index (χ2n) is 6.47. The molecule has 20 heavy (non-hydrogen) atoms. The topological polar surface area (TPSA) is 54.0 Å². The summed E-state index contributed by atoms with van der Waals surface area (Å²) in [6.07, 6.45) is 1.75. The molecule has 0 atom stereocenters. The molecule has 1 amide bonds. The molecular weight excluding hydrogens is 258 g/mol. The van der Waals surface area contributed by atoms with E-state index in [4.69, 9.17) is 9.47 Å². The number of amides is 1. The molecule has 2 aliphatic heterocycles. The van der Waals surface area contributed by atoms with Gasteiger partial charge in [-0.15, -0.1) is 0 Å². The molecule has 0 bridgehead atoms. The van der Waals surface area contributed by atoms with E-state index in [-0.39, 0.29) is 6.09 Å². The van der Waals surface area contributed by atoms with Gasteiger partial charge in [0, 0.05) is 32.2 Å². The van der Waals surface area contributed by atoms with Crippen molar-refractivity contribution in [3.63, 3.8) is 0 Å². The molecule has 2 aliphatic rings. The number of ether oxygens (including phenoxy) is 2. The molecule has 2 fully saturated rings. The van der Waals surface area contributed by atoms with Crippen molar-refractivity contribution < 1.29 is 14.3 Å². The van der Waals surface area contributed by atoms with Crippen LogP contribution in [0.1, 0.15) is 33.6 Å². The van der Waals surface area contributed by atoms with Crippen LogP contribution in [0.5, 0.6) is 0 Å². The summed E-state index contributed by atoms with van der Waals surface area (Å²) in [7, 11) is 0. The van der Waals surface area contributed by atoms with Gasteiger partial charge in [-0.05, 0) is 33.6 Å². The van der Waals surface area contributed by atoms with Crippen molar-refractivity contribution in [2.24, 2.45) is 0 Å². The number of morpholine rings is 1. The van der Waals surface area contributed by atoms with E-state index in [0.717, 1.165) is 52.2 Å². The number of hydrogen-bond donors (Lipinski definition) is 1. The first-order valence-corrected chi connectivity index (χ1v) is 7.51. The summed E-state index contributed by atoms with van der Waals surface area (Å²) in [5.74, 6) is 0. The molecule has 2 heterocycles. The number of carbonyl (C=O) groups excluding carboxylic acids is 1. The molecule has 0 aromatic carbocycles. The number of piperidine rings is 1. The molecule has 6 nitrogen and oxygen atoms in total. The van der Waals surface area contributed by atoms with Gasteiger partial charge in [-0.25, -0.2) is 9.80 Å². The number of hydrogen-bond acceptors (Lipinski definition) is 5. The average molecular weight is 285 g/mol. The predicted octanol–water partition coefficient (Wildman–Crippen LogP) is 1.22. The highest BCUT2D eigenvalue weighted by Crippen LogP contribution is 2.15. The number of likely N-dealkylation sites (tertiary alicyclic amines) is 1. The lowest BCUT2D eigenvalue weighted by Crippen LogP contribution is -2.54. The normalized spacial score (nSPS) is 22.9. The van der Waals surface area contributed by atoms with Gasteiger partial charge in [0.15, 0.2) is 0 Å². The summed E-state index contributed by atoms with van der Waals surface area (Å²) in [6.45, 7) is 10.7. The van der Waals surface area contributed by atoms with E-state index in [1.807, 2.05) is 25.7 Å². The van der Waals surface area contributed by atoms with Gasteiger partial charge in [0.05, 0.1) is 13.2 Å². The minimum atomic E-state index is -0.417. The fourth-order valence-corrected chi connectivity index (χ4v) is 2.47. The van der Waals surface area contributed by atoms with Crippen LogP contribution in [0.25, 0.3) is 0 Å². The summed E-state index contributed by atoms with van der Waals surface area (Å²) in [6, 6.07) is 0.451. The highest BCUT2D eigenvalue weighted by molar-refractivity contribution is 5.68. The third kappa shape index (κ3) is 4.92. The Labute approximate surface area is 121 Å². The van der Waals surface area contributed by atoms with Gasteiger partial charge in [0.1, 0.15) is 5.60 Å². The Hall–Kier alpha value is -0.850. The third-order valence-electron chi connectivity index (χ3n) is 3.52. The van der Waals surface area contributed by atoms with Crippen molar-refractivity contribution in [1.82, 2.24) is 15.3 Å². The highest BCUT2D eigenvalue weighted by atomic mass is 16.6. The Bertz CT molecular complexity index is 316. The van der Waals surface area contributed by atoms with E-state index in [0.29, 0.717) is 6.04 Å². The van der Waals surface area contributed by atoms with Gasteiger partial charge in [0.25, 0.3) is 0 Å². The maximum Gasteiger partial charge on any atom is 0.410 e. The number of rotatable bonds is 2. The summed E-state index contributed by atoms with van der Waals surface area (Å²) in [5.41, 5.74) is 3.12. The average Bonchev–Trinajstić information content (AvgIpc) is 2.39. The summed E-state index contributed by atoms with van der Waals surface area (Å²) in [4.78, 5) is 13.8. The predicted molar refractivity (Wildman–Crippen MR) is 76.4 cm³/mol. The molecule has 0 radical (unpaired) electrons. The van der Waals surface area contributed by atoms with E-state index < -0.39 is 5.60 Å². The molecular formula is C14H27N3O3. The molecule has 6 heteroatoms. The largest absolute Gasteiger partial charge is 0.444 e. The smallest absolute Gasteiger partial charge is 0.410 e. The molecule has 116 valence electrons. The van der Waals surface area contributed by atoms with Crippen LogP contribution in [0.2, 0.25) is 0 Å². The first kappa shape index (κ1) is 15.5. The van der Waals surface area contributed by atoms with Gasteiger partial charge in [-0.1, -0.05) is 0 Å². The van der Waals surface area contributed by atoms with Gasteiger partial charge in [0.2, 0.25) is 0 Å². The van der Waals surface area contributed by atoms with Crippen molar-refractivity contribution in [2.75, 3.05) is 39.4 Å². The molecule has 0 aromatic rings. The van der Waals surface area contributed by atoms with Crippen LogP contribution < -0.4 is 5.43 Å². The van der Waals surface area contributed by atoms with E-state index in [9.17, 15) is 4.79 Å². The number of nitrogens with zero attached hydrogens (tertiary/aromatic N) is 2. The van der Waals surface area contributed by atoms with Gasteiger partial charge >= 0.3 is 6.09 Å². The highest BCUT2D eigenvalue weighted by Gasteiger charge is 2.27. The molecule has 0 spiro atoms. The zero-order chi connectivity index (χ0) is 14.6. The standard InChI is InChI=1S/C14H27N3O3/c1-14(2,3)20-13(18)16-6-4-12(5-7-16)15-17-8-10-19-11-9-17/h12,15H,4-11H2,1-3H3. The van der Waals surface area contributed by atoms with Crippen molar-refractivity contribution in [2.45, 2.75) is 45.3 Å². The Balaban J connectivity index is 1.70. The quantitative estimate of drug-likeness (QED) is 0.827. The Morgan fingerprint density at radius 2 is 1.75 bits per heavy atom. The Kier molecular flexibility index (Phi) is 5.23. The summed E-state index contributed by atoms with van der Waals surface area (Å²) in [5, 5.41) is 2.23. The van der Waals surface area contributed by atoms with Crippen molar-refractivity contribution in [3.05, 3.63) is 0 Å². The van der Waals surface area contributed by atoms with E-state index >= 15 is 0 Å². The van der Waals surface area contributed by atoms with Gasteiger partial charge in [-0.3, -0.25) is 5.43 Å².